The summed E-state index contributed by atoms with van der Waals surface area (Å²) in [6.45, 7) is 2.17. The lowest BCUT2D eigenvalue weighted by Crippen LogP contribution is -2.42. The monoisotopic (exact) mass is 313 g/mol. The summed E-state index contributed by atoms with van der Waals surface area (Å²) in [7, 11) is -3.16. The van der Waals surface area contributed by atoms with Crippen molar-refractivity contribution in [3.63, 3.8) is 0 Å². The third-order valence-electron chi connectivity index (χ3n) is 4.77. The fourth-order valence-electron chi connectivity index (χ4n) is 3.60. The van der Waals surface area contributed by atoms with Gasteiger partial charge < -0.3 is 10.3 Å². The van der Waals surface area contributed by atoms with Gasteiger partial charge in [0.25, 0.3) is 0 Å². The van der Waals surface area contributed by atoms with Crippen molar-refractivity contribution in [2.24, 2.45) is 11.7 Å². The van der Waals surface area contributed by atoms with E-state index in [4.69, 9.17) is 10.3 Å². The molecule has 3 unspecified atom stereocenters. The van der Waals surface area contributed by atoms with Crippen LogP contribution in [0.2, 0.25) is 0 Å². The number of nitrogens with zero attached hydrogens (tertiary/aromatic N) is 2. The van der Waals surface area contributed by atoms with Crippen LogP contribution in [0, 0.1) is 5.92 Å². The van der Waals surface area contributed by atoms with Crippen molar-refractivity contribution in [3.05, 3.63) is 11.7 Å². The molecule has 3 atom stereocenters. The molecule has 21 heavy (non-hydrogen) atoms. The molecular weight excluding hydrogens is 290 g/mol. The average molecular weight is 313 g/mol. The van der Waals surface area contributed by atoms with Gasteiger partial charge >= 0.3 is 0 Å². The van der Waals surface area contributed by atoms with Crippen LogP contribution in [0.25, 0.3) is 0 Å². The van der Waals surface area contributed by atoms with Gasteiger partial charge in [-0.15, -0.1) is 0 Å². The minimum atomic E-state index is -3.16. The molecule has 1 saturated heterocycles. The van der Waals surface area contributed by atoms with E-state index in [0.29, 0.717) is 18.2 Å². The second-order valence-corrected chi connectivity index (χ2v) is 8.97. The highest BCUT2D eigenvalue weighted by Gasteiger charge is 2.40. The lowest BCUT2D eigenvalue weighted by Gasteiger charge is -2.33. The summed E-state index contributed by atoms with van der Waals surface area (Å²) in [5.74, 6) is 1.45. The second-order valence-electron chi connectivity index (χ2n) is 6.67. The zero-order valence-corrected chi connectivity index (χ0v) is 13.2. The van der Waals surface area contributed by atoms with Crippen molar-refractivity contribution >= 4 is 9.84 Å². The van der Waals surface area contributed by atoms with Gasteiger partial charge in [-0.05, 0) is 31.6 Å². The SMILES string of the molecule is CC1CCCC(N)(c2noc(C3CCCCS3(=O)=O)n2)C1. The maximum atomic E-state index is 12.1. The van der Waals surface area contributed by atoms with Crippen LogP contribution in [0.15, 0.2) is 4.52 Å². The van der Waals surface area contributed by atoms with Crippen molar-refractivity contribution in [3.8, 4) is 0 Å². The number of sulfone groups is 1. The Balaban J connectivity index is 1.86. The fourth-order valence-corrected chi connectivity index (χ4v) is 5.41. The summed E-state index contributed by atoms with van der Waals surface area (Å²) in [6, 6.07) is 0. The molecule has 1 saturated carbocycles. The van der Waals surface area contributed by atoms with E-state index in [9.17, 15) is 8.42 Å². The average Bonchev–Trinajstić information content (AvgIpc) is 2.88. The van der Waals surface area contributed by atoms with Crippen molar-refractivity contribution in [2.45, 2.75) is 62.7 Å². The first-order valence-corrected chi connectivity index (χ1v) is 9.47. The molecule has 1 aliphatic heterocycles. The number of hydrogen-bond donors (Lipinski definition) is 1. The zero-order chi connectivity index (χ0) is 15.1. The minimum absolute atomic E-state index is 0.209. The summed E-state index contributed by atoms with van der Waals surface area (Å²) in [6.07, 6.45) is 6.03. The maximum absolute atomic E-state index is 12.1. The number of nitrogens with two attached hydrogens (primary N) is 1. The predicted molar refractivity (Wildman–Crippen MR) is 78.2 cm³/mol. The molecule has 2 fully saturated rings. The molecule has 118 valence electrons. The van der Waals surface area contributed by atoms with Gasteiger partial charge in [0.05, 0.1) is 11.3 Å². The van der Waals surface area contributed by atoms with E-state index in [2.05, 4.69) is 17.1 Å². The van der Waals surface area contributed by atoms with E-state index >= 15 is 0 Å². The van der Waals surface area contributed by atoms with Crippen LogP contribution in [0.4, 0.5) is 0 Å². The Labute approximate surface area is 125 Å². The first-order chi connectivity index (χ1) is 9.91. The van der Waals surface area contributed by atoms with Crippen molar-refractivity contribution in [1.29, 1.82) is 0 Å². The van der Waals surface area contributed by atoms with E-state index in [1.165, 1.54) is 6.42 Å². The molecule has 0 radical (unpaired) electrons. The van der Waals surface area contributed by atoms with Gasteiger partial charge in [0.2, 0.25) is 5.89 Å². The van der Waals surface area contributed by atoms with E-state index in [1.54, 1.807) is 0 Å². The van der Waals surface area contributed by atoms with Crippen LogP contribution in [0.5, 0.6) is 0 Å². The van der Waals surface area contributed by atoms with Gasteiger partial charge in [0.1, 0.15) is 5.25 Å². The molecule has 0 aromatic carbocycles. The molecular formula is C14H23N3O3S. The molecule has 3 rings (SSSR count). The molecule has 2 N–H and O–H groups in total. The van der Waals surface area contributed by atoms with Crippen molar-refractivity contribution < 1.29 is 12.9 Å². The quantitative estimate of drug-likeness (QED) is 0.897. The highest BCUT2D eigenvalue weighted by atomic mass is 32.2. The minimum Gasteiger partial charge on any atom is -0.338 e. The number of rotatable bonds is 2. The molecule has 6 nitrogen and oxygen atoms in total. The predicted octanol–water partition coefficient (Wildman–Crippen LogP) is 2.07. The standard InChI is InChI=1S/C14H23N3O3S/c1-10-5-4-7-14(15,9-10)13-16-12(20-17-13)11-6-2-3-8-21(11,18)19/h10-11H,2-9,15H2,1H3. The van der Waals surface area contributed by atoms with Crippen LogP contribution in [0.3, 0.4) is 0 Å². The van der Waals surface area contributed by atoms with Gasteiger partial charge in [-0.2, -0.15) is 4.98 Å². The summed E-state index contributed by atoms with van der Waals surface area (Å²) in [5.41, 5.74) is 5.88. The van der Waals surface area contributed by atoms with Crippen LogP contribution >= 0.6 is 0 Å². The van der Waals surface area contributed by atoms with Gasteiger partial charge in [0.15, 0.2) is 15.7 Å². The third kappa shape index (κ3) is 2.85. The van der Waals surface area contributed by atoms with Gasteiger partial charge in [0, 0.05) is 0 Å². The smallest absolute Gasteiger partial charge is 0.245 e. The molecule has 0 bridgehead atoms. The van der Waals surface area contributed by atoms with Crippen molar-refractivity contribution in [1.82, 2.24) is 10.1 Å². The first kappa shape index (κ1) is 15.0. The molecule has 1 aromatic heterocycles. The molecule has 2 heterocycles. The Kier molecular flexibility index (Phi) is 3.81. The Morgan fingerprint density at radius 3 is 2.81 bits per heavy atom. The Bertz CT molecular complexity index is 613. The summed E-state index contributed by atoms with van der Waals surface area (Å²) in [5, 5.41) is 3.37. The second kappa shape index (κ2) is 5.35. The third-order valence-corrected chi connectivity index (χ3v) is 6.94. The van der Waals surface area contributed by atoms with Gasteiger partial charge in [-0.3, -0.25) is 0 Å². The normalized spacial score (nSPS) is 36.5. The molecule has 7 heteroatoms. The van der Waals surface area contributed by atoms with E-state index in [-0.39, 0.29) is 11.6 Å². The highest BCUT2D eigenvalue weighted by molar-refractivity contribution is 7.91. The van der Waals surface area contributed by atoms with Crippen molar-refractivity contribution in [2.75, 3.05) is 5.75 Å². The largest absolute Gasteiger partial charge is 0.338 e. The highest BCUT2D eigenvalue weighted by Crippen LogP contribution is 2.38. The van der Waals surface area contributed by atoms with Crippen LogP contribution in [-0.2, 0) is 15.4 Å². The topological polar surface area (TPSA) is 99.1 Å². The molecule has 0 spiro atoms. The zero-order valence-electron chi connectivity index (χ0n) is 12.4. The van der Waals surface area contributed by atoms with Gasteiger partial charge in [-0.1, -0.05) is 31.3 Å². The summed E-state index contributed by atoms with van der Waals surface area (Å²) < 4.78 is 29.6. The first-order valence-electron chi connectivity index (χ1n) is 7.75. The number of hydrogen-bond acceptors (Lipinski definition) is 6. The maximum Gasteiger partial charge on any atom is 0.245 e. The Morgan fingerprint density at radius 1 is 1.29 bits per heavy atom. The lowest BCUT2D eigenvalue weighted by molar-refractivity contribution is 0.221. The molecule has 0 amide bonds. The van der Waals surface area contributed by atoms with E-state index in [1.807, 2.05) is 0 Å². The molecule has 1 aromatic rings. The van der Waals surface area contributed by atoms with E-state index < -0.39 is 20.6 Å². The Morgan fingerprint density at radius 2 is 2.10 bits per heavy atom. The van der Waals surface area contributed by atoms with Crippen LogP contribution in [-0.4, -0.2) is 24.3 Å². The fraction of sp³-hybridized carbons (Fsp3) is 0.857. The van der Waals surface area contributed by atoms with Crippen LogP contribution in [0.1, 0.15) is 68.8 Å². The lowest BCUT2D eigenvalue weighted by atomic mass is 9.76. The Hall–Kier alpha value is -0.950. The molecule has 2 aliphatic rings. The summed E-state index contributed by atoms with van der Waals surface area (Å²) >= 11 is 0. The molecule has 1 aliphatic carbocycles. The summed E-state index contributed by atoms with van der Waals surface area (Å²) in [4.78, 5) is 4.38. The van der Waals surface area contributed by atoms with Gasteiger partial charge in [-0.25, -0.2) is 8.42 Å². The number of aromatic nitrogens is 2. The van der Waals surface area contributed by atoms with Crippen LogP contribution < -0.4 is 5.73 Å². The van der Waals surface area contributed by atoms with E-state index in [0.717, 1.165) is 32.1 Å².